The number of benzene rings is 1. The molecular formula is C10H7N3O. The highest BCUT2D eigenvalue weighted by atomic mass is 16.5. The molecule has 2 heterocycles. The van der Waals surface area contributed by atoms with E-state index in [2.05, 4.69) is 15.4 Å². The standard InChI is InChI=1S/C10H7N3O/c1-2-8-4-11-13-10(8)3-7(1)9-5-12-14-6-9/h1-6H,(H,11,13). The number of H-pyrrole nitrogens is 1. The zero-order chi connectivity index (χ0) is 9.38. The summed E-state index contributed by atoms with van der Waals surface area (Å²) in [5.74, 6) is 0. The van der Waals surface area contributed by atoms with Gasteiger partial charge >= 0.3 is 0 Å². The van der Waals surface area contributed by atoms with Gasteiger partial charge in [0.05, 0.1) is 17.9 Å². The van der Waals surface area contributed by atoms with Crippen LogP contribution in [0, 0.1) is 0 Å². The quantitative estimate of drug-likeness (QED) is 0.632. The first-order valence-electron chi connectivity index (χ1n) is 4.26. The van der Waals surface area contributed by atoms with E-state index in [-0.39, 0.29) is 0 Å². The molecule has 0 bridgehead atoms. The van der Waals surface area contributed by atoms with Crippen molar-refractivity contribution < 1.29 is 4.52 Å². The van der Waals surface area contributed by atoms with Crippen molar-refractivity contribution in [1.29, 1.82) is 0 Å². The molecular weight excluding hydrogens is 178 g/mol. The minimum Gasteiger partial charge on any atom is -0.364 e. The van der Waals surface area contributed by atoms with E-state index in [1.54, 1.807) is 18.7 Å². The van der Waals surface area contributed by atoms with Crippen LogP contribution >= 0.6 is 0 Å². The van der Waals surface area contributed by atoms with E-state index in [1.807, 2.05) is 18.2 Å². The van der Waals surface area contributed by atoms with Gasteiger partial charge in [0.2, 0.25) is 0 Å². The zero-order valence-corrected chi connectivity index (χ0v) is 7.27. The third-order valence-electron chi connectivity index (χ3n) is 2.21. The Morgan fingerprint density at radius 2 is 2.14 bits per heavy atom. The van der Waals surface area contributed by atoms with E-state index < -0.39 is 0 Å². The van der Waals surface area contributed by atoms with E-state index in [9.17, 15) is 0 Å². The minimum atomic E-state index is 0.974. The second kappa shape index (κ2) is 2.70. The van der Waals surface area contributed by atoms with Crippen LogP contribution in [0.4, 0.5) is 0 Å². The number of hydrogen-bond acceptors (Lipinski definition) is 3. The molecule has 2 aromatic heterocycles. The summed E-state index contributed by atoms with van der Waals surface area (Å²) in [5.41, 5.74) is 3.06. The Balaban J connectivity index is 2.23. The molecule has 0 aliphatic carbocycles. The van der Waals surface area contributed by atoms with E-state index in [0.717, 1.165) is 22.0 Å². The van der Waals surface area contributed by atoms with Crippen LogP contribution in [0.15, 0.2) is 41.4 Å². The molecule has 68 valence electrons. The second-order valence-electron chi connectivity index (χ2n) is 3.09. The second-order valence-corrected chi connectivity index (χ2v) is 3.09. The van der Waals surface area contributed by atoms with Crippen LogP contribution in [0.5, 0.6) is 0 Å². The minimum absolute atomic E-state index is 0.974. The maximum Gasteiger partial charge on any atom is 0.131 e. The lowest BCUT2D eigenvalue weighted by atomic mass is 10.1. The predicted molar refractivity (Wildman–Crippen MR) is 51.6 cm³/mol. The van der Waals surface area contributed by atoms with Gasteiger partial charge in [-0.25, -0.2) is 0 Å². The van der Waals surface area contributed by atoms with Gasteiger partial charge in [-0.05, 0) is 11.6 Å². The number of nitrogens with zero attached hydrogens (tertiary/aromatic N) is 2. The fourth-order valence-corrected chi connectivity index (χ4v) is 1.46. The van der Waals surface area contributed by atoms with Crippen molar-refractivity contribution in [2.24, 2.45) is 0 Å². The Labute approximate surface area is 79.5 Å². The van der Waals surface area contributed by atoms with E-state index in [1.165, 1.54) is 0 Å². The molecule has 0 amide bonds. The third-order valence-corrected chi connectivity index (χ3v) is 2.21. The summed E-state index contributed by atoms with van der Waals surface area (Å²) in [4.78, 5) is 0. The van der Waals surface area contributed by atoms with Crippen molar-refractivity contribution in [2.45, 2.75) is 0 Å². The van der Waals surface area contributed by atoms with Crippen molar-refractivity contribution in [3.8, 4) is 11.1 Å². The Morgan fingerprint density at radius 3 is 3.00 bits per heavy atom. The van der Waals surface area contributed by atoms with E-state index >= 15 is 0 Å². The molecule has 0 saturated heterocycles. The van der Waals surface area contributed by atoms with Crippen LogP contribution in [-0.2, 0) is 0 Å². The molecule has 0 radical (unpaired) electrons. The molecule has 1 aromatic carbocycles. The van der Waals surface area contributed by atoms with Gasteiger partial charge in [0.1, 0.15) is 6.26 Å². The van der Waals surface area contributed by atoms with Gasteiger partial charge in [-0.15, -0.1) is 0 Å². The monoisotopic (exact) mass is 185 g/mol. The van der Waals surface area contributed by atoms with Gasteiger partial charge in [-0.2, -0.15) is 5.10 Å². The van der Waals surface area contributed by atoms with Crippen LogP contribution in [0.3, 0.4) is 0 Å². The highest BCUT2D eigenvalue weighted by Crippen LogP contribution is 2.22. The fraction of sp³-hybridized carbons (Fsp3) is 0. The maximum absolute atomic E-state index is 4.79. The predicted octanol–water partition coefficient (Wildman–Crippen LogP) is 2.22. The molecule has 0 fully saturated rings. The summed E-state index contributed by atoms with van der Waals surface area (Å²) in [6.45, 7) is 0. The average molecular weight is 185 g/mol. The highest BCUT2D eigenvalue weighted by molar-refractivity contribution is 5.83. The molecule has 1 N–H and O–H groups in total. The lowest BCUT2D eigenvalue weighted by molar-refractivity contribution is 0.420. The zero-order valence-electron chi connectivity index (χ0n) is 7.27. The number of fused-ring (bicyclic) bond motifs is 1. The number of aromatic nitrogens is 3. The largest absolute Gasteiger partial charge is 0.364 e. The Bertz CT molecular complexity index is 554. The topological polar surface area (TPSA) is 54.7 Å². The molecule has 0 spiro atoms. The van der Waals surface area contributed by atoms with Crippen LogP contribution in [0.2, 0.25) is 0 Å². The van der Waals surface area contributed by atoms with Gasteiger partial charge in [-0.3, -0.25) is 5.10 Å². The molecule has 0 atom stereocenters. The summed E-state index contributed by atoms with van der Waals surface area (Å²) in [7, 11) is 0. The smallest absolute Gasteiger partial charge is 0.131 e. The van der Waals surface area contributed by atoms with Gasteiger partial charge in [0.15, 0.2) is 0 Å². The van der Waals surface area contributed by atoms with Crippen molar-refractivity contribution >= 4 is 10.9 Å². The van der Waals surface area contributed by atoms with E-state index in [4.69, 9.17) is 4.52 Å². The van der Waals surface area contributed by atoms with Crippen molar-refractivity contribution in [3.63, 3.8) is 0 Å². The summed E-state index contributed by atoms with van der Waals surface area (Å²) >= 11 is 0. The van der Waals surface area contributed by atoms with E-state index in [0.29, 0.717) is 0 Å². The molecule has 4 nitrogen and oxygen atoms in total. The number of aromatic amines is 1. The Morgan fingerprint density at radius 1 is 1.14 bits per heavy atom. The molecule has 0 unspecified atom stereocenters. The van der Waals surface area contributed by atoms with Crippen LogP contribution in [-0.4, -0.2) is 15.4 Å². The first-order valence-corrected chi connectivity index (χ1v) is 4.26. The van der Waals surface area contributed by atoms with Crippen molar-refractivity contribution in [2.75, 3.05) is 0 Å². The van der Waals surface area contributed by atoms with Crippen molar-refractivity contribution in [3.05, 3.63) is 36.9 Å². The lowest BCUT2D eigenvalue weighted by Crippen LogP contribution is -1.74. The fourth-order valence-electron chi connectivity index (χ4n) is 1.46. The third kappa shape index (κ3) is 1.01. The summed E-state index contributed by atoms with van der Waals surface area (Å²) in [6, 6.07) is 6.06. The molecule has 0 saturated carbocycles. The molecule has 4 heteroatoms. The Hall–Kier alpha value is -2.10. The summed E-state index contributed by atoms with van der Waals surface area (Å²) in [6.07, 6.45) is 5.11. The van der Waals surface area contributed by atoms with Gasteiger partial charge in [0, 0.05) is 10.9 Å². The lowest BCUT2D eigenvalue weighted by Gasteiger charge is -1.95. The van der Waals surface area contributed by atoms with Crippen molar-refractivity contribution in [1.82, 2.24) is 15.4 Å². The molecule has 3 rings (SSSR count). The van der Waals surface area contributed by atoms with Crippen LogP contribution < -0.4 is 0 Å². The molecule has 0 aliphatic rings. The number of nitrogens with one attached hydrogen (secondary N) is 1. The normalized spacial score (nSPS) is 10.9. The number of rotatable bonds is 1. The SMILES string of the molecule is c1cc2cn[nH]c2cc1-c1cnoc1. The Kier molecular flexibility index (Phi) is 1.41. The first kappa shape index (κ1) is 7.32. The molecule has 3 aromatic rings. The highest BCUT2D eigenvalue weighted by Gasteiger charge is 2.02. The molecule has 0 aliphatic heterocycles. The van der Waals surface area contributed by atoms with Crippen LogP contribution in [0.25, 0.3) is 22.0 Å². The maximum atomic E-state index is 4.79. The van der Waals surface area contributed by atoms with Gasteiger partial charge in [0.25, 0.3) is 0 Å². The summed E-state index contributed by atoms with van der Waals surface area (Å²) < 4.78 is 4.79. The van der Waals surface area contributed by atoms with Gasteiger partial charge in [-0.1, -0.05) is 17.3 Å². The van der Waals surface area contributed by atoms with Crippen LogP contribution in [0.1, 0.15) is 0 Å². The molecule has 14 heavy (non-hydrogen) atoms. The first-order chi connectivity index (χ1) is 6.93. The van der Waals surface area contributed by atoms with Gasteiger partial charge < -0.3 is 4.52 Å². The average Bonchev–Trinajstić information content (AvgIpc) is 2.88. The summed E-state index contributed by atoms with van der Waals surface area (Å²) in [5, 5.41) is 11.6. The number of hydrogen-bond donors (Lipinski definition) is 1.